The van der Waals surface area contributed by atoms with Crippen LogP contribution in [0.25, 0.3) is 0 Å². The molecule has 2 rings (SSSR count). The summed E-state index contributed by atoms with van der Waals surface area (Å²) in [5.74, 6) is -1.57. The van der Waals surface area contributed by atoms with E-state index in [-0.39, 0.29) is 16.6 Å². The van der Waals surface area contributed by atoms with Crippen molar-refractivity contribution in [2.75, 3.05) is 5.32 Å². The summed E-state index contributed by atoms with van der Waals surface area (Å²) in [6, 6.07) is 14.5. The predicted molar refractivity (Wildman–Crippen MR) is 80.9 cm³/mol. The zero-order chi connectivity index (χ0) is 15.2. The summed E-state index contributed by atoms with van der Waals surface area (Å²) in [4.78, 5) is 22.5. The summed E-state index contributed by atoms with van der Waals surface area (Å²) in [7, 11) is 0. The molecule has 0 aromatic heterocycles. The number of carbonyl (C=O) groups excluding carboxylic acids is 2. The van der Waals surface area contributed by atoms with E-state index in [0.29, 0.717) is 11.3 Å². The molecule has 2 N–H and O–H groups in total. The Kier molecular flexibility index (Phi) is 4.63. The molecular formula is C15H11N2O3S-. The lowest BCUT2D eigenvalue weighted by Gasteiger charge is -2.10. The van der Waals surface area contributed by atoms with Gasteiger partial charge in [0.25, 0.3) is 5.91 Å². The monoisotopic (exact) mass is 299 g/mol. The molecule has 0 heterocycles. The van der Waals surface area contributed by atoms with Crippen molar-refractivity contribution in [2.24, 2.45) is 0 Å². The first-order valence-electron chi connectivity index (χ1n) is 6.05. The van der Waals surface area contributed by atoms with Crippen molar-refractivity contribution < 1.29 is 14.7 Å². The lowest BCUT2D eigenvalue weighted by Crippen LogP contribution is -2.34. The van der Waals surface area contributed by atoms with Gasteiger partial charge in [0, 0.05) is 11.3 Å². The molecule has 0 fully saturated rings. The van der Waals surface area contributed by atoms with E-state index < -0.39 is 5.97 Å². The third-order valence-corrected chi connectivity index (χ3v) is 2.85. The topological polar surface area (TPSA) is 81.3 Å². The molecule has 5 nitrogen and oxygen atoms in total. The van der Waals surface area contributed by atoms with Crippen molar-refractivity contribution in [1.29, 1.82) is 0 Å². The summed E-state index contributed by atoms with van der Waals surface area (Å²) >= 11 is 5.02. The van der Waals surface area contributed by atoms with Gasteiger partial charge in [-0.1, -0.05) is 30.3 Å². The number of carbonyl (C=O) groups is 2. The summed E-state index contributed by atoms with van der Waals surface area (Å²) in [5.41, 5.74) is 1.13. The van der Waals surface area contributed by atoms with Crippen LogP contribution < -0.4 is 15.7 Å². The van der Waals surface area contributed by atoms with Gasteiger partial charge in [-0.2, -0.15) is 0 Å². The van der Waals surface area contributed by atoms with Crippen LogP contribution in [-0.4, -0.2) is 17.0 Å². The lowest BCUT2D eigenvalue weighted by molar-refractivity contribution is -0.255. The van der Waals surface area contributed by atoms with E-state index >= 15 is 0 Å². The third-order valence-electron chi connectivity index (χ3n) is 2.64. The summed E-state index contributed by atoms with van der Waals surface area (Å²) in [5, 5.41) is 16.1. The van der Waals surface area contributed by atoms with E-state index in [9.17, 15) is 14.7 Å². The van der Waals surface area contributed by atoms with E-state index in [4.69, 9.17) is 12.2 Å². The van der Waals surface area contributed by atoms with Crippen molar-refractivity contribution in [3.05, 3.63) is 65.7 Å². The Morgan fingerprint density at radius 1 is 0.905 bits per heavy atom. The highest BCUT2D eigenvalue weighted by Gasteiger charge is 2.07. The molecule has 0 radical (unpaired) electrons. The first kappa shape index (κ1) is 14.7. The van der Waals surface area contributed by atoms with Gasteiger partial charge in [0.1, 0.15) is 0 Å². The number of nitrogens with one attached hydrogen (secondary N) is 2. The fourth-order valence-corrected chi connectivity index (χ4v) is 1.83. The van der Waals surface area contributed by atoms with Crippen molar-refractivity contribution in [3.63, 3.8) is 0 Å². The van der Waals surface area contributed by atoms with Crippen LogP contribution in [0.2, 0.25) is 0 Å². The smallest absolute Gasteiger partial charge is 0.257 e. The van der Waals surface area contributed by atoms with Gasteiger partial charge in [0.2, 0.25) is 0 Å². The Hall–Kier alpha value is -2.73. The Bertz CT molecular complexity index is 669. The molecule has 0 bridgehead atoms. The van der Waals surface area contributed by atoms with E-state index in [0.717, 1.165) is 0 Å². The fraction of sp³-hybridized carbons (Fsp3) is 0. The molecule has 0 saturated heterocycles. The first-order chi connectivity index (χ1) is 10.1. The minimum Gasteiger partial charge on any atom is -0.545 e. The maximum Gasteiger partial charge on any atom is 0.257 e. The molecule has 0 saturated carbocycles. The lowest BCUT2D eigenvalue weighted by atomic mass is 10.2. The van der Waals surface area contributed by atoms with Crippen molar-refractivity contribution in [2.45, 2.75) is 0 Å². The largest absolute Gasteiger partial charge is 0.545 e. The standard InChI is InChI=1S/C15H12N2O3S/c18-13(10-4-2-1-3-5-10)17-15(21)16-12-8-6-11(7-9-12)14(19)20/h1-9H,(H,19,20)(H2,16,17,18,21)/p-1. The molecule has 1 amide bonds. The molecule has 0 aliphatic carbocycles. The molecule has 106 valence electrons. The van der Waals surface area contributed by atoms with Crippen LogP contribution in [0.1, 0.15) is 20.7 Å². The maximum atomic E-state index is 11.9. The molecule has 2 aromatic rings. The normalized spacial score (nSPS) is 9.71. The Morgan fingerprint density at radius 3 is 2.10 bits per heavy atom. The van der Waals surface area contributed by atoms with E-state index in [1.54, 1.807) is 24.3 Å². The van der Waals surface area contributed by atoms with Crippen LogP contribution in [0.15, 0.2) is 54.6 Å². The van der Waals surface area contributed by atoms with Crippen molar-refractivity contribution in [3.8, 4) is 0 Å². The van der Waals surface area contributed by atoms with Gasteiger partial charge in [-0.25, -0.2) is 0 Å². The van der Waals surface area contributed by atoms with Crippen molar-refractivity contribution >= 4 is 34.9 Å². The van der Waals surface area contributed by atoms with Crippen LogP contribution in [-0.2, 0) is 0 Å². The summed E-state index contributed by atoms with van der Waals surface area (Å²) in [6.45, 7) is 0. The molecule has 0 aliphatic rings. The molecule has 0 aliphatic heterocycles. The van der Waals surface area contributed by atoms with Gasteiger partial charge < -0.3 is 15.2 Å². The number of rotatable bonds is 3. The first-order valence-corrected chi connectivity index (χ1v) is 6.46. The Morgan fingerprint density at radius 2 is 1.52 bits per heavy atom. The minimum atomic E-state index is -1.25. The Labute approximate surface area is 126 Å². The highest BCUT2D eigenvalue weighted by atomic mass is 32.1. The van der Waals surface area contributed by atoms with E-state index in [1.807, 2.05) is 6.07 Å². The van der Waals surface area contributed by atoms with Crippen molar-refractivity contribution in [1.82, 2.24) is 5.32 Å². The van der Waals surface area contributed by atoms with Gasteiger partial charge in [0.05, 0.1) is 5.97 Å². The second kappa shape index (κ2) is 6.62. The van der Waals surface area contributed by atoms with Crippen LogP contribution in [0.3, 0.4) is 0 Å². The van der Waals surface area contributed by atoms with Crippen LogP contribution >= 0.6 is 12.2 Å². The number of hydrogen-bond acceptors (Lipinski definition) is 4. The number of carboxylic acid groups (broad SMARTS) is 1. The molecule has 21 heavy (non-hydrogen) atoms. The van der Waals surface area contributed by atoms with Gasteiger partial charge in [-0.3, -0.25) is 10.1 Å². The van der Waals surface area contributed by atoms with Crippen LogP contribution in [0.5, 0.6) is 0 Å². The molecule has 6 heteroatoms. The minimum absolute atomic E-state index is 0.0692. The van der Waals surface area contributed by atoms with E-state index in [2.05, 4.69) is 10.6 Å². The van der Waals surface area contributed by atoms with Gasteiger partial charge in [0.15, 0.2) is 5.11 Å². The second-order valence-electron chi connectivity index (χ2n) is 4.14. The number of anilines is 1. The molecule has 2 aromatic carbocycles. The van der Waals surface area contributed by atoms with Crippen LogP contribution in [0, 0.1) is 0 Å². The van der Waals surface area contributed by atoms with Crippen LogP contribution in [0.4, 0.5) is 5.69 Å². The van der Waals surface area contributed by atoms with E-state index in [1.165, 1.54) is 24.3 Å². The SMILES string of the molecule is O=C([O-])c1ccc(NC(=S)NC(=O)c2ccccc2)cc1. The average molecular weight is 299 g/mol. The number of aromatic carboxylic acids is 1. The highest BCUT2D eigenvalue weighted by molar-refractivity contribution is 7.80. The number of benzene rings is 2. The highest BCUT2D eigenvalue weighted by Crippen LogP contribution is 2.09. The zero-order valence-electron chi connectivity index (χ0n) is 10.8. The number of amides is 1. The molecule has 0 spiro atoms. The fourth-order valence-electron chi connectivity index (χ4n) is 1.62. The maximum absolute atomic E-state index is 11.9. The predicted octanol–water partition coefficient (Wildman–Crippen LogP) is 1.18. The number of thiocarbonyl (C=S) groups is 1. The number of hydrogen-bond donors (Lipinski definition) is 2. The second-order valence-corrected chi connectivity index (χ2v) is 4.55. The van der Waals surface area contributed by atoms with Gasteiger partial charge in [-0.05, 0) is 42.0 Å². The van der Waals surface area contributed by atoms with Gasteiger partial charge >= 0.3 is 0 Å². The molecular weight excluding hydrogens is 288 g/mol. The third kappa shape index (κ3) is 4.12. The summed E-state index contributed by atoms with van der Waals surface area (Å²) in [6.07, 6.45) is 0. The molecule has 0 atom stereocenters. The summed E-state index contributed by atoms with van der Waals surface area (Å²) < 4.78 is 0. The zero-order valence-corrected chi connectivity index (χ0v) is 11.6. The Balaban J connectivity index is 1.95. The molecule has 0 unspecified atom stereocenters. The average Bonchev–Trinajstić information content (AvgIpc) is 2.48. The number of carboxylic acids is 1. The quantitative estimate of drug-likeness (QED) is 0.832. The van der Waals surface area contributed by atoms with Gasteiger partial charge in [-0.15, -0.1) is 0 Å².